The molecule has 0 saturated carbocycles. The van der Waals surface area contributed by atoms with E-state index in [-0.39, 0.29) is 0 Å². The minimum Gasteiger partial charge on any atom is -0.374 e. The Labute approximate surface area is 92.4 Å². The molecule has 0 aliphatic carbocycles. The number of benzene rings is 1. The van der Waals surface area contributed by atoms with Gasteiger partial charge in [-0.1, -0.05) is 29.5 Å². The maximum atomic E-state index is 5.57. The van der Waals surface area contributed by atoms with Gasteiger partial charge in [0.2, 0.25) is 10.3 Å². The van der Waals surface area contributed by atoms with E-state index in [1.165, 1.54) is 11.3 Å². The lowest BCUT2D eigenvalue weighted by Gasteiger charge is -2.18. The number of hydrogen-bond acceptors (Lipinski definition) is 5. The van der Waals surface area contributed by atoms with Crippen molar-refractivity contribution in [1.29, 1.82) is 0 Å². The van der Waals surface area contributed by atoms with Crippen molar-refractivity contribution in [2.45, 2.75) is 6.92 Å². The molecule has 4 nitrogen and oxygen atoms in total. The van der Waals surface area contributed by atoms with E-state index in [9.17, 15) is 0 Å². The molecule has 2 aromatic rings. The molecule has 1 aromatic heterocycles. The Kier molecular flexibility index (Phi) is 2.82. The van der Waals surface area contributed by atoms with Crippen LogP contribution in [-0.2, 0) is 0 Å². The molecule has 0 fully saturated rings. The average Bonchev–Trinajstić information content (AvgIpc) is 2.68. The highest BCUT2D eigenvalue weighted by Gasteiger charge is 2.11. The molecule has 0 saturated heterocycles. The summed E-state index contributed by atoms with van der Waals surface area (Å²) in [4.78, 5) is 2.08. The molecule has 0 atom stereocenters. The number of hydrogen-bond donors (Lipinski definition) is 1. The number of para-hydroxylation sites is 1. The number of nitrogens with two attached hydrogens (primary N) is 1. The Morgan fingerprint density at radius 3 is 2.53 bits per heavy atom. The van der Waals surface area contributed by atoms with Crippen LogP contribution in [0.3, 0.4) is 0 Å². The Hall–Kier alpha value is -1.62. The Morgan fingerprint density at radius 2 is 2.00 bits per heavy atom. The van der Waals surface area contributed by atoms with Crippen molar-refractivity contribution in [1.82, 2.24) is 10.2 Å². The zero-order valence-corrected chi connectivity index (χ0v) is 9.24. The number of anilines is 3. The molecular formula is C10H12N4S. The highest BCUT2D eigenvalue weighted by Crippen LogP contribution is 2.28. The third-order valence-electron chi connectivity index (χ3n) is 2.04. The van der Waals surface area contributed by atoms with Gasteiger partial charge in [0.05, 0.1) is 0 Å². The van der Waals surface area contributed by atoms with Crippen LogP contribution in [0.25, 0.3) is 0 Å². The summed E-state index contributed by atoms with van der Waals surface area (Å²) in [5.74, 6) is 0. The van der Waals surface area contributed by atoms with Crippen molar-refractivity contribution in [2.75, 3.05) is 17.2 Å². The van der Waals surface area contributed by atoms with Crippen LogP contribution < -0.4 is 10.6 Å². The van der Waals surface area contributed by atoms with Gasteiger partial charge in [0.15, 0.2) is 0 Å². The van der Waals surface area contributed by atoms with Gasteiger partial charge in [-0.05, 0) is 19.1 Å². The molecule has 0 bridgehead atoms. The molecule has 15 heavy (non-hydrogen) atoms. The van der Waals surface area contributed by atoms with Crippen LogP contribution >= 0.6 is 11.3 Å². The Morgan fingerprint density at radius 1 is 1.27 bits per heavy atom. The fraction of sp³-hybridized carbons (Fsp3) is 0.200. The van der Waals surface area contributed by atoms with Gasteiger partial charge >= 0.3 is 0 Å². The summed E-state index contributed by atoms with van der Waals surface area (Å²) < 4.78 is 0. The van der Waals surface area contributed by atoms with Gasteiger partial charge < -0.3 is 10.6 Å². The molecule has 0 amide bonds. The highest BCUT2D eigenvalue weighted by molar-refractivity contribution is 7.18. The van der Waals surface area contributed by atoms with E-state index in [2.05, 4.69) is 22.0 Å². The summed E-state index contributed by atoms with van der Waals surface area (Å²) in [6, 6.07) is 10.1. The van der Waals surface area contributed by atoms with Crippen molar-refractivity contribution >= 4 is 27.3 Å². The molecule has 1 aromatic carbocycles. The number of rotatable bonds is 3. The van der Waals surface area contributed by atoms with Crippen LogP contribution in [0.1, 0.15) is 6.92 Å². The number of nitrogen functional groups attached to an aromatic ring is 1. The van der Waals surface area contributed by atoms with Crippen molar-refractivity contribution in [3.63, 3.8) is 0 Å². The molecule has 0 unspecified atom stereocenters. The monoisotopic (exact) mass is 220 g/mol. The van der Waals surface area contributed by atoms with Gasteiger partial charge in [-0.25, -0.2) is 0 Å². The van der Waals surface area contributed by atoms with E-state index in [1.807, 2.05) is 30.3 Å². The lowest BCUT2D eigenvalue weighted by Crippen LogP contribution is -2.15. The molecule has 5 heteroatoms. The highest BCUT2D eigenvalue weighted by atomic mass is 32.1. The first-order chi connectivity index (χ1) is 7.31. The molecule has 0 aliphatic rings. The maximum Gasteiger partial charge on any atom is 0.214 e. The quantitative estimate of drug-likeness (QED) is 0.862. The fourth-order valence-electron chi connectivity index (χ4n) is 1.37. The van der Waals surface area contributed by atoms with Crippen LogP contribution in [0.5, 0.6) is 0 Å². The standard InChI is InChI=1S/C10H12N4S/c1-2-14(8-6-4-3-5-7-8)10-13-12-9(11)15-10/h3-7H,2H2,1H3,(H2,11,12). The minimum atomic E-state index is 0.499. The van der Waals surface area contributed by atoms with E-state index < -0.39 is 0 Å². The zero-order valence-electron chi connectivity index (χ0n) is 8.42. The van der Waals surface area contributed by atoms with Crippen molar-refractivity contribution < 1.29 is 0 Å². The zero-order chi connectivity index (χ0) is 10.7. The summed E-state index contributed by atoms with van der Waals surface area (Å²) >= 11 is 1.40. The second kappa shape index (κ2) is 4.27. The molecule has 2 N–H and O–H groups in total. The fourth-order valence-corrected chi connectivity index (χ4v) is 2.07. The van der Waals surface area contributed by atoms with Crippen LogP contribution in [0.15, 0.2) is 30.3 Å². The first kappa shape index (κ1) is 9.92. The van der Waals surface area contributed by atoms with Crippen molar-refractivity contribution in [3.05, 3.63) is 30.3 Å². The molecule has 2 rings (SSSR count). The first-order valence-corrected chi connectivity index (χ1v) is 5.54. The Bertz CT molecular complexity index is 426. The van der Waals surface area contributed by atoms with Crippen molar-refractivity contribution in [2.24, 2.45) is 0 Å². The van der Waals surface area contributed by atoms with E-state index >= 15 is 0 Å². The molecule has 0 aliphatic heterocycles. The largest absolute Gasteiger partial charge is 0.374 e. The topological polar surface area (TPSA) is 55.0 Å². The van der Waals surface area contributed by atoms with Gasteiger partial charge in [0.25, 0.3) is 0 Å². The molecule has 0 radical (unpaired) electrons. The second-order valence-corrected chi connectivity index (χ2v) is 3.99. The molecule has 1 heterocycles. The minimum absolute atomic E-state index is 0.499. The van der Waals surface area contributed by atoms with E-state index in [0.29, 0.717) is 5.13 Å². The van der Waals surface area contributed by atoms with Gasteiger partial charge in [0, 0.05) is 12.2 Å². The van der Waals surface area contributed by atoms with E-state index in [1.54, 1.807) is 0 Å². The SMILES string of the molecule is CCN(c1ccccc1)c1nnc(N)s1. The summed E-state index contributed by atoms with van der Waals surface area (Å²) in [6.45, 7) is 2.92. The second-order valence-electron chi connectivity index (χ2n) is 3.00. The van der Waals surface area contributed by atoms with E-state index in [0.717, 1.165) is 17.4 Å². The molecular weight excluding hydrogens is 208 g/mol. The summed E-state index contributed by atoms with van der Waals surface area (Å²) in [5.41, 5.74) is 6.67. The third-order valence-corrected chi connectivity index (χ3v) is 2.82. The summed E-state index contributed by atoms with van der Waals surface area (Å²) in [7, 11) is 0. The lowest BCUT2D eigenvalue weighted by atomic mass is 10.3. The normalized spacial score (nSPS) is 10.2. The smallest absolute Gasteiger partial charge is 0.214 e. The predicted molar refractivity (Wildman–Crippen MR) is 63.4 cm³/mol. The van der Waals surface area contributed by atoms with Crippen molar-refractivity contribution in [3.8, 4) is 0 Å². The molecule has 78 valence electrons. The lowest BCUT2D eigenvalue weighted by molar-refractivity contribution is 0.973. The van der Waals surface area contributed by atoms with Crippen LogP contribution in [0.2, 0.25) is 0 Å². The maximum absolute atomic E-state index is 5.57. The Balaban J connectivity index is 2.33. The van der Waals surface area contributed by atoms with Gasteiger partial charge in [0.1, 0.15) is 0 Å². The third kappa shape index (κ3) is 2.07. The van der Waals surface area contributed by atoms with Gasteiger partial charge in [-0.15, -0.1) is 10.2 Å². The molecule has 0 spiro atoms. The van der Waals surface area contributed by atoms with Gasteiger partial charge in [-0.2, -0.15) is 0 Å². The van der Waals surface area contributed by atoms with Crippen LogP contribution in [0, 0.1) is 0 Å². The first-order valence-electron chi connectivity index (χ1n) is 4.73. The van der Waals surface area contributed by atoms with Gasteiger partial charge in [-0.3, -0.25) is 0 Å². The van der Waals surface area contributed by atoms with Crippen LogP contribution in [-0.4, -0.2) is 16.7 Å². The van der Waals surface area contributed by atoms with Crippen LogP contribution in [0.4, 0.5) is 16.0 Å². The average molecular weight is 220 g/mol. The summed E-state index contributed by atoms with van der Waals surface area (Å²) in [6.07, 6.45) is 0. The van der Waals surface area contributed by atoms with E-state index in [4.69, 9.17) is 5.73 Å². The number of nitrogens with zero attached hydrogens (tertiary/aromatic N) is 3. The number of aromatic nitrogens is 2. The predicted octanol–water partition coefficient (Wildman–Crippen LogP) is 2.28. The summed E-state index contributed by atoms with van der Waals surface area (Å²) in [5, 5.41) is 9.18.